The summed E-state index contributed by atoms with van der Waals surface area (Å²) in [6, 6.07) is 6.37. The van der Waals surface area contributed by atoms with E-state index in [1.807, 2.05) is 0 Å². The zero-order valence-corrected chi connectivity index (χ0v) is 10.9. The molecular formula is C14H20N4. The Labute approximate surface area is 107 Å². The molecule has 3 rings (SSSR count). The highest BCUT2D eigenvalue weighted by Crippen LogP contribution is 2.14. The van der Waals surface area contributed by atoms with Gasteiger partial charge in [-0.15, -0.1) is 0 Å². The van der Waals surface area contributed by atoms with Crippen LogP contribution in [-0.2, 0) is 6.54 Å². The van der Waals surface area contributed by atoms with Crippen molar-refractivity contribution in [3.05, 3.63) is 29.6 Å². The average Bonchev–Trinajstić information content (AvgIpc) is 2.57. The van der Waals surface area contributed by atoms with Crippen molar-refractivity contribution in [1.82, 2.24) is 20.2 Å². The van der Waals surface area contributed by atoms with E-state index in [-0.39, 0.29) is 0 Å². The molecule has 0 saturated carbocycles. The molecule has 0 bridgehead atoms. The standard InChI is InChI=1S/C14H20N4/c1-11-3-4-12-13(9-11)17-14(16-12)10-18-7-2-5-15-6-8-18/h3-4,9,15H,2,5-8,10H2,1H3,(H,16,17). The van der Waals surface area contributed by atoms with E-state index in [0.717, 1.165) is 49.6 Å². The van der Waals surface area contributed by atoms with Gasteiger partial charge in [-0.1, -0.05) is 6.07 Å². The summed E-state index contributed by atoms with van der Waals surface area (Å²) in [5.74, 6) is 1.08. The lowest BCUT2D eigenvalue weighted by atomic mass is 10.2. The molecule has 4 nitrogen and oxygen atoms in total. The molecule has 0 amide bonds. The van der Waals surface area contributed by atoms with Crippen LogP contribution in [0.25, 0.3) is 11.0 Å². The summed E-state index contributed by atoms with van der Waals surface area (Å²) >= 11 is 0. The van der Waals surface area contributed by atoms with Crippen LogP contribution < -0.4 is 5.32 Å². The molecule has 4 heteroatoms. The summed E-state index contributed by atoms with van der Waals surface area (Å²) in [4.78, 5) is 10.6. The molecule has 2 aromatic rings. The number of H-pyrrole nitrogens is 1. The Bertz CT molecular complexity index is 524. The first-order valence-electron chi connectivity index (χ1n) is 6.69. The van der Waals surface area contributed by atoms with E-state index < -0.39 is 0 Å². The highest BCUT2D eigenvalue weighted by Gasteiger charge is 2.11. The first kappa shape index (κ1) is 11.7. The molecule has 1 aromatic carbocycles. The lowest BCUT2D eigenvalue weighted by Crippen LogP contribution is -2.28. The van der Waals surface area contributed by atoms with Gasteiger partial charge < -0.3 is 10.3 Å². The SMILES string of the molecule is Cc1ccc2nc(CN3CCCNCC3)[nH]c2c1. The van der Waals surface area contributed by atoms with Crippen molar-refractivity contribution in [2.45, 2.75) is 19.9 Å². The molecule has 1 aliphatic rings. The molecule has 0 aliphatic carbocycles. The van der Waals surface area contributed by atoms with E-state index >= 15 is 0 Å². The number of hydrogen-bond donors (Lipinski definition) is 2. The molecule has 18 heavy (non-hydrogen) atoms. The predicted octanol–water partition coefficient (Wildman–Crippen LogP) is 1.67. The van der Waals surface area contributed by atoms with Gasteiger partial charge in [-0.2, -0.15) is 0 Å². The molecule has 0 radical (unpaired) electrons. The van der Waals surface area contributed by atoms with E-state index in [1.165, 1.54) is 12.0 Å². The molecule has 2 N–H and O–H groups in total. The van der Waals surface area contributed by atoms with Crippen LogP contribution in [-0.4, -0.2) is 41.0 Å². The summed E-state index contributed by atoms with van der Waals surface area (Å²) < 4.78 is 0. The van der Waals surface area contributed by atoms with Crippen molar-refractivity contribution in [3.63, 3.8) is 0 Å². The number of fused-ring (bicyclic) bond motifs is 1. The molecule has 1 aromatic heterocycles. The van der Waals surface area contributed by atoms with Crippen LogP contribution in [0, 0.1) is 6.92 Å². The number of benzene rings is 1. The summed E-state index contributed by atoms with van der Waals surface area (Å²) in [5.41, 5.74) is 3.50. The largest absolute Gasteiger partial charge is 0.341 e. The minimum Gasteiger partial charge on any atom is -0.341 e. The van der Waals surface area contributed by atoms with Crippen molar-refractivity contribution < 1.29 is 0 Å². The minimum atomic E-state index is 0.926. The predicted molar refractivity (Wildman–Crippen MR) is 73.6 cm³/mol. The smallest absolute Gasteiger partial charge is 0.121 e. The van der Waals surface area contributed by atoms with Gasteiger partial charge in [-0.05, 0) is 44.1 Å². The van der Waals surface area contributed by atoms with Gasteiger partial charge in [0, 0.05) is 13.1 Å². The van der Waals surface area contributed by atoms with Gasteiger partial charge in [-0.25, -0.2) is 4.98 Å². The molecule has 0 unspecified atom stereocenters. The molecule has 2 heterocycles. The van der Waals surface area contributed by atoms with E-state index in [0.29, 0.717) is 0 Å². The van der Waals surface area contributed by atoms with Gasteiger partial charge in [0.2, 0.25) is 0 Å². The highest BCUT2D eigenvalue weighted by atomic mass is 15.2. The summed E-state index contributed by atoms with van der Waals surface area (Å²) in [5, 5.41) is 3.42. The van der Waals surface area contributed by atoms with Crippen molar-refractivity contribution in [2.24, 2.45) is 0 Å². The van der Waals surface area contributed by atoms with Gasteiger partial charge >= 0.3 is 0 Å². The van der Waals surface area contributed by atoms with Crippen molar-refractivity contribution in [3.8, 4) is 0 Å². The fourth-order valence-corrected chi connectivity index (χ4v) is 2.52. The highest BCUT2D eigenvalue weighted by molar-refractivity contribution is 5.75. The first-order valence-corrected chi connectivity index (χ1v) is 6.69. The van der Waals surface area contributed by atoms with Gasteiger partial charge in [0.05, 0.1) is 17.6 Å². The number of imidazole rings is 1. The zero-order chi connectivity index (χ0) is 12.4. The van der Waals surface area contributed by atoms with Gasteiger partial charge in [0.1, 0.15) is 5.82 Å². The van der Waals surface area contributed by atoms with E-state index in [4.69, 9.17) is 0 Å². The number of nitrogens with zero attached hydrogens (tertiary/aromatic N) is 2. The average molecular weight is 244 g/mol. The maximum Gasteiger partial charge on any atom is 0.121 e. The van der Waals surface area contributed by atoms with Gasteiger partial charge in [-0.3, -0.25) is 4.90 Å². The molecule has 1 fully saturated rings. The molecule has 1 aliphatic heterocycles. The van der Waals surface area contributed by atoms with Gasteiger partial charge in [0.25, 0.3) is 0 Å². The van der Waals surface area contributed by atoms with Crippen LogP contribution in [0.5, 0.6) is 0 Å². The second kappa shape index (κ2) is 5.08. The normalized spacial score (nSPS) is 18.1. The molecule has 1 saturated heterocycles. The first-order chi connectivity index (χ1) is 8.81. The van der Waals surface area contributed by atoms with Crippen LogP contribution in [0.2, 0.25) is 0 Å². The van der Waals surface area contributed by atoms with Crippen LogP contribution in [0.15, 0.2) is 18.2 Å². The third kappa shape index (κ3) is 2.54. The second-order valence-corrected chi connectivity index (χ2v) is 5.08. The van der Waals surface area contributed by atoms with Crippen molar-refractivity contribution >= 4 is 11.0 Å². The van der Waals surface area contributed by atoms with E-state index in [1.54, 1.807) is 0 Å². The van der Waals surface area contributed by atoms with Crippen LogP contribution in [0.4, 0.5) is 0 Å². The van der Waals surface area contributed by atoms with Crippen LogP contribution in [0.1, 0.15) is 17.8 Å². The Morgan fingerprint density at radius 2 is 2.22 bits per heavy atom. The van der Waals surface area contributed by atoms with Crippen LogP contribution in [0.3, 0.4) is 0 Å². The van der Waals surface area contributed by atoms with Crippen LogP contribution >= 0.6 is 0 Å². The fraction of sp³-hybridized carbons (Fsp3) is 0.500. The zero-order valence-electron chi connectivity index (χ0n) is 10.9. The molecule has 0 atom stereocenters. The number of hydrogen-bond acceptors (Lipinski definition) is 3. The third-order valence-corrected chi connectivity index (χ3v) is 3.49. The summed E-state index contributed by atoms with van der Waals surface area (Å²) in [6.07, 6.45) is 1.22. The maximum atomic E-state index is 4.66. The Kier molecular flexibility index (Phi) is 3.30. The van der Waals surface area contributed by atoms with Crippen molar-refractivity contribution in [1.29, 1.82) is 0 Å². The minimum absolute atomic E-state index is 0.926. The number of nitrogens with one attached hydrogen (secondary N) is 2. The Hall–Kier alpha value is -1.39. The molecule has 0 spiro atoms. The topological polar surface area (TPSA) is 44.0 Å². The molecular weight excluding hydrogens is 224 g/mol. The maximum absolute atomic E-state index is 4.66. The van der Waals surface area contributed by atoms with Gasteiger partial charge in [0.15, 0.2) is 0 Å². The number of aromatic amines is 1. The summed E-state index contributed by atoms with van der Waals surface area (Å²) in [7, 11) is 0. The number of aryl methyl sites for hydroxylation is 1. The van der Waals surface area contributed by atoms with E-state index in [9.17, 15) is 0 Å². The Morgan fingerprint density at radius 1 is 1.28 bits per heavy atom. The Morgan fingerprint density at radius 3 is 3.17 bits per heavy atom. The monoisotopic (exact) mass is 244 g/mol. The third-order valence-electron chi connectivity index (χ3n) is 3.49. The number of aromatic nitrogens is 2. The fourth-order valence-electron chi connectivity index (χ4n) is 2.52. The Balaban J connectivity index is 1.77. The lowest BCUT2D eigenvalue weighted by Gasteiger charge is -2.17. The number of rotatable bonds is 2. The van der Waals surface area contributed by atoms with Crippen molar-refractivity contribution in [2.75, 3.05) is 26.2 Å². The lowest BCUT2D eigenvalue weighted by molar-refractivity contribution is 0.278. The summed E-state index contributed by atoms with van der Waals surface area (Å²) in [6.45, 7) is 7.52. The second-order valence-electron chi connectivity index (χ2n) is 5.08. The molecule has 96 valence electrons. The van der Waals surface area contributed by atoms with E-state index in [2.05, 4.69) is 45.3 Å². The quantitative estimate of drug-likeness (QED) is 0.844.